The molecule has 9 heteroatoms. The molecule has 2 aromatic carbocycles. The van der Waals surface area contributed by atoms with Crippen LogP contribution in [0.5, 0.6) is 0 Å². The first-order valence-corrected chi connectivity index (χ1v) is 9.32. The summed E-state index contributed by atoms with van der Waals surface area (Å²) in [6.45, 7) is 3.45. The fourth-order valence-corrected chi connectivity index (χ4v) is 3.85. The summed E-state index contributed by atoms with van der Waals surface area (Å²) in [7, 11) is 0. The van der Waals surface area contributed by atoms with Crippen molar-refractivity contribution in [1.29, 1.82) is 0 Å². The number of benzene rings is 2. The van der Waals surface area contributed by atoms with E-state index < -0.39 is 23.3 Å². The third-order valence-corrected chi connectivity index (χ3v) is 5.56. The zero-order chi connectivity index (χ0) is 20.8. The number of halogens is 3. The van der Waals surface area contributed by atoms with Crippen LogP contribution in [0.3, 0.4) is 0 Å². The van der Waals surface area contributed by atoms with Crippen molar-refractivity contribution in [2.45, 2.75) is 32.0 Å². The Bertz CT molecular complexity index is 1180. The second kappa shape index (κ2) is 7.20. The highest BCUT2D eigenvalue weighted by molar-refractivity contribution is 6.35. The first kappa shape index (κ1) is 19.5. The van der Waals surface area contributed by atoms with Crippen LogP contribution < -0.4 is 0 Å². The van der Waals surface area contributed by atoms with Gasteiger partial charge in [0.1, 0.15) is 35.4 Å². The van der Waals surface area contributed by atoms with Crippen molar-refractivity contribution in [3.63, 3.8) is 0 Å². The molecule has 2 heterocycles. The van der Waals surface area contributed by atoms with E-state index in [1.54, 1.807) is 17.7 Å². The van der Waals surface area contributed by atoms with Gasteiger partial charge in [-0.05, 0) is 26.0 Å². The van der Waals surface area contributed by atoms with Crippen molar-refractivity contribution in [3.05, 3.63) is 77.0 Å². The minimum atomic E-state index is -1.80. The van der Waals surface area contributed by atoms with Crippen LogP contribution in [0.1, 0.15) is 24.2 Å². The molecule has 0 spiro atoms. The van der Waals surface area contributed by atoms with E-state index in [1.807, 2.05) is 19.1 Å². The van der Waals surface area contributed by atoms with Gasteiger partial charge in [-0.3, -0.25) is 4.68 Å². The molecule has 2 aromatic heterocycles. The summed E-state index contributed by atoms with van der Waals surface area (Å²) in [6.07, 6.45) is 2.74. The van der Waals surface area contributed by atoms with Crippen LogP contribution in [0.2, 0.25) is 5.02 Å². The molecule has 0 aliphatic heterocycles. The summed E-state index contributed by atoms with van der Waals surface area (Å²) in [5.41, 5.74) is -0.521. The highest BCUT2D eigenvalue weighted by Crippen LogP contribution is 2.38. The molecule has 0 bridgehead atoms. The Labute approximate surface area is 170 Å². The Morgan fingerprint density at radius 3 is 2.69 bits per heavy atom. The Morgan fingerprint density at radius 2 is 2.03 bits per heavy atom. The predicted molar refractivity (Wildman–Crippen MR) is 104 cm³/mol. The van der Waals surface area contributed by atoms with Crippen molar-refractivity contribution < 1.29 is 13.9 Å². The first-order chi connectivity index (χ1) is 13.8. The molecular weight excluding hydrogens is 400 g/mol. The molecule has 150 valence electrons. The van der Waals surface area contributed by atoms with Crippen molar-refractivity contribution >= 4 is 22.5 Å². The van der Waals surface area contributed by atoms with Gasteiger partial charge in [0.25, 0.3) is 0 Å². The van der Waals surface area contributed by atoms with Gasteiger partial charge in [0.05, 0.1) is 17.6 Å². The first-order valence-electron chi connectivity index (χ1n) is 8.95. The highest BCUT2D eigenvalue weighted by Gasteiger charge is 2.41. The number of fused-ring (bicyclic) bond motifs is 1. The Kier molecular flexibility index (Phi) is 4.84. The third kappa shape index (κ3) is 3.28. The number of rotatable bonds is 5. The van der Waals surface area contributed by atoms with Gasteiger partial charge in [-0.25, -0.2) is 18.4 Å². The number of hydrogen-bond donors (Lipinski definition) is 1. The summed E-state index contributed by atoms with van der Waals surface area (Å²) in [4.78, 5) is 3.88. The second-order valence-electron chi connectivity index (χ2n) is 6.98. The molecule has 0 radical (unpaired) electrons. The predicted octanol–water partition coefficient (Wildman–Crippen LogP) is 4.02. The van der Waals surface area contributed by atoms with E-state index in [1.165, 1.54) is 23.4 Å². The molecule has 0 saturated heterocycles. The molecule has 0 unspecified atom stereocenters. The second-order valence-corrected chi connectivity index (χ2v) is 7.39. The van der Waals surface area contributed by atoms with Crippen molar-refractivity contribution in [3.8, 4) is 0 Å². The number of hydrogen-bond acceptors (Lipinski definition) is 4. The maximum Gasteiger partial charge on any atom is 0.137 e. The fraction of sp³-hybridized carbons (Fsp3) is 0.250. The van der Waals surface area contributed by atoms with Crippen LogP contribution in [0, 0.1) is 18.6 Å². The largest absolute Gasteiger partial charge is 0.381 e. The summed E-state index contributed by atoms with van der Waals surface area (Å²) < 4.78 is 31.2. The number of aromatic nitrogens is 5. The third-order valence-electron chi connectivity index (χ3n) is 5.25. The van der Waals surface area contributed by atoms with E-state index in [-0.39, 0.29) is 12.1 Å². The molecule has 0 aliphatic rings. The number of aliphatic hydroxyl groups is 1. The van der Waals surface area contributed by atoms with Gasteiger partial charge in [0, 0.05) is 22.7 Å². The lowest BCUT2D eigenvalue weighted by molar-refractivity contribution is -0.0372. The van der Waals surface area contributed by atoms with Gasteiger partial charge in [0.15, 0.2) is 0 Å². The van der Waals surface area contributed by atoms with Crippen LogP contribution in [0.4, 0.5) is 8.78 Å². The molecule has 6 nitrogen and oxygen atoms in total. The number of nitrogens with zero attached hydrogens (tertiary/aromatic N) is 5. The maximum atomic E-state index is 14.7. The topological polar surface area (TPSA) is 68.8 Å². The van der Waals surface area contributed by atoms with E-state index in [0.717, 1.165) is 23.2 Å². The molecule has 1 N–H and O–H groups in total. The molecule has 4 aromatic rings. The van der Waals surface area contributed by atoms with Crippen molar-refractivity contribution in [1.82, 2.24) is 24.5 Å². The average Bonchev–Trinajstić information content (AvgIpc) is 3.30. The van der Waals surface area contributed by atoms with Crippen molar-refractivity contribution in [2.75, 3.05) is 0 Å². The molecular formula is C20H18ClF2N5O. The Balaban J connectivity index is 1.89. The van der Waals surface area contributed by atoms with Gasteiger partial charge in [-0.1, -0.05) is 29.8 Å². The monoisotopic (exact) mass is 417 g/mol. The Hall–Kier alpha value is -2.84. The highest BCUT2D eigenvalue weighted by atomic mass is 35.5. The molecule has 29 heavy (non-hydrogen) atoms. The quantitative estimate of drug-likeness (QED) is 0.532. The lowest BCUT2D eigenvalue weighted by Gasteiger charge is -2.35. The summed E-state index contributed by atoms with van der Waals surface area (Å²) in [6, 6.07) is 7.78. The van der Waals surface area contributed by atoms with E-state index in [0.29, 0.717) is 10.5 Å². The normalized spacial score (nSPS) is 14.8. The number of aryl methyl sites for hydroxylation is 1. The average molecular weight is 418 g/mol. The molecule has 0 fully saturated rings. The maximum absolute atomic E-state index is 14.7. The lowest BCUT2D eigenvalue weighted by atomic mass is 9.86. The van der Waals surface area contributed by atoms with Gasteiger partial charge >= 0.3 is 0 Å². The summed E-state index contributed by atoms with van der Waals surface area (Å²) in [5.74, 6) is -1.58. The Morgan fingerprint density at radius 1 is 1.24 bits per heavy atom. The van der Waals surface area contributed by atoms with E-state index in [4.69, 9.17) is 11.6 Å². The zero-order valence-electron chi connectivity index (χ0n) is 15.7. The fourth-order valence-electron chi connectivity index (χ4n) is 3.64. The minimum Gasteiger partial charge on any atom is -0.381 e. The van der Waals surface area contributed by atoms with Crippen LogP contribution in [-0.4, -0.2) is 29.7 Å². The van der Waals surface area contributed by atoms with E-state index in [2.05, 4.69) is 15.2 Å². The molecule has 0 amide bonds. The lowest BCUT2D eigenvalue weighted by Crippen LogP contribution is -2.41. The SMILES string of the molecule is Cc1c2cccc(Cl)c2nn1[C@H](C)[C@](O)(Cn1cncn1)c1ccc(F)cc1F. The van der Waals surface area contributed by atoms with Crippen molar-refractivity contribution in [2.24, 2.45) is 0 Å². The van der Waals surface area contributed by atoms with Crippen LogP contribution >= 0.6 is 11.6 Å². The summed E-state index contributed by atoms with van der Waals surface area (Å²) in [5, 5.41) is 21.6. The zero-order valence-corrected chi connectivity index (χ0v) is 16.5. The van der Waals surface area contributed by atoms with Gasteiger partial charge in [-0.2, -0.15) is 10.2 Å². The molecule has 0 saturated carbocycles. The van der Waals surface area contributed by atoms with Crippen LogP contribution in [0.25, 0.3) is 10.9 Å². The van der Waals surface area contributed by atoms with Gasteiger partial charge < -0.3 is 5.11 Å². The van der Waals surface area contributed by atoms with Gasteiger partial charge in [0.2, 0.25) is 0 Å². The minimum absolute atomic E-state index is 0.0630. The van der Waals surface area contributed by atoms with Crippen LogP contribution in [0.15, 0.2) is 49.1 Å². The standard InChI is InChI=1S/C20H18ClF2N5O/c1-12-15-4-3-5-17(21)19(15)26-28(12)13(2)20(29,9-27-11-24-10-25-27)16-7-6-14(22)8-18(16)23/h3-8,10-11,13,29H,9H2,1-2H3/t13-,20-/m1/s1. The van der Waals surface area contributed by atoms with E-state index >= 15 is 0 Å². The summed E-state index contributed by atoms with van der Waals surface area (Å²) >= 11 is 6.27. The molecule has 4 rings (SSSR count). The van der Waals surface area contributed by atoms with E-state index in [9.17, 15) is 13.9 Å². The molecule has 2 atom stereocenters. The molecule has 0 aliphatic carbocycles. The smallest absolute Gasteiger partial charge is 0.137 e. The van der Waals surface area contributed by atoms with Gasteiger partial charge in [-0.15, -0.1) is 0 Å². The van der Waals surface area contributed by atoms with Crippen LogP contribution in [-0.2, 0) is 12.1 Å².